The summed E-state index contributed by atoms with van der Waals surface area (Å²) < 4.78 is 5.25. The molecule has 2 amide bonds. The summed E-state index contributed by atoms with van der Waals surface area (Å²) in [6, 6.07) is 0. The number of ether oxygens (including phenoxy) is 1. The predicted octanol–water partition coefficient (Wildman–Crippen LogP) is 0.524. The molecule has 19 heavy (non-hydrogen) atoms. The Kier molecular flexibility index (Phi) is 6.72. The van der Waals surface area contributed by atoms with E-state index in [0.29, 0.717) is 0 Å². The Morgan fingerprint density at radius 1 is 1.26 bits per heavy atom. The summed E-state index contributed by atoms with van der Waals surface area (Å²) in [4.78, 5) is 22.5. The molecular weight excluding hydrogens is 248 g/mol. The Morgan fingerprint density at radius 3 is 2.32 bits per heavy atom. The molecule has 0 radical (unpaired) electrons. The lowest BCUT2D eigenvalue weighted by molar-refractivity contribution is -0.192. The van der Waals surface area contributed by atoms with E-state index in [4.69, 9.17) is 4.74 Å². The largest absolute Gasteiger partial charge is 0.366 e. The molecule has 0 unspecified atom stereocenters. The van der Waals surface area contributed by atoms with Gasteiger partial charge in [0.15, 0.2) is 5.79 Å². The quantitative estimate of drug-likeness (QED) is 0.466. The first kappa shape index (κ1) is 17.6. The van der Waals surface area contributed by atoms with E-state index in [1.165, 1.54) is 33.2 Å². The minimum Gasteiger partial charge on any atom is -0.366 e. The van der Waals surface area contributed by atoms with E-state index in [0.717, 1.165) is 0 Å². The van der Waals surface area contributed by atoms with Crippen molar-refractivity contribution in [2.45, 2.75) is 39.9 Å². The van der Waals surface area contributed by atoms with E-state index in [9.17, 15) is 14.7 Å². The zero-order valence-corrected chi connectivity index (χ0v) is 12.2. The van der Waals surface area contributed by atoms with Crippen molar-refractivity contribution in [3.05, 3.63) is 12.3 Å². The maximum absolute atomic E-state index is 11.6. The summed E-state index contributed by atoms with van der Waals surface area (Å²) in [6.07, 6.45) is 2.76. The lowest BCUT2D eigenvalue weighted by Gasteiger charge is -2.28. The molecule has 0 aliphatic rings. The minimum absolute atomic E-state index is 0.218. The molecule has 0 rings (SSSR count). The fourth-order valence-electron chi connectivity index (χ4n) is 1.20. The molecule has 0 aromatic rings. The van der Waals surface area contributed by atoms with Crippen LogP contribution in [0.15, 0.2) is 12.3 Å². The minimum atomic E-state index is -1.22. The van der Waals surface area contributed by atoms with Gasteiger partial charge in [0.1, 0.15) is 0 Å². The highest BCUT2D eigenvalue weighted by atomic mass is 16.6. The number of rotatable bonds is 7. The highest BCUT2D eigenvalue weighted by molar-refractivity contribution is 5.88. The van der Waals surface area contributed by atoms with Crippen LogP contribution >= 0.6 is 0 Å². The van der Waals surface area contributed by atoms with Crippen LogP contribution in [0.3, 0.4) is 0 Å². The van der Waals surface area contributed by atoms with Crippen LogP contribution in [0.25, 0.3) is 0 Å². The van der Waals surface area contributed by atoms with E-state index < -0.39 is 11.2 Å². The van der Waals surface area contributed by atoms with Gasteiger partial charge in [-0.25, -0.2) is 0 Å². The molecule has 110 valence electrons. The van der Waals surface area contributed by atoms with Crippen LogP contribution in [0.2, 0.25) is 0 Å². The molecule has 0 aromatic carbocycles. The summed E-state index contributed by atoms with van der Waals surface area (Å²) >= 11 is 0. The number of aliphatic hydroxyl groups is 1. The summed E-state index contributed by atoms with van der Waals surface area (Å²) in [6.45, 7) is 7.05. The number of carbonyl (C=O) groups is 2. The van der Waals surface area contributed by atoms with Crippen LogP contribution in [0, 0.1) is 5.41 Å². The Hall–Kier alpha value is -1.40. The molecule has 0 atom stereocenters. The molecule has 0 heterocycles. The fraction of sp³-hybridized carbons (Fsp3) is 0.692. The molecule has 3 N–H and O–H groups in total. The van der Waals surface area contributed by atoms with E-state index >= 15 is 0 Å². The highest BCUT2D eigenvalue weighted by Crippen LogP contribution is 2.22. The molecule has 6 heteroatoms. The number of hydrogen-bond acceptors (Lipinski definition) is 4. The van der Waals surface area contributed by atoms with E-state index in [1.54, 1.807) is 0 Å². The zero-order valence-electron chi connectivity index (χ0n) is 12.2. The van der Waals surface area contributed by atoms with Crippen LogP contribution in [0.4, 0.5) is 0 Å². The Balaban J connectivity index is 4.16. The average molecular weight is 272 g/mol. The van der Waals surface area contributed by atoms with Crippen LogP contribution in [-0.4, -0.2) is 36.4 Å². The monoisotopic (exact) mass is 272 g/mol. The van der Waals surface area contributed by atoms with E-state index in [-0.39, 0.29) is 24.8 Å². The first-order valence-electron chi connectivity index (χ1n) is 6.10. The lowest BCUT2D eigenvalue weighted by atomic mass is 9.90. The van der Waals surface area contributed by atoms with Gasteiger partial charge >= 0.3 is 0 Å². The number of nitrogens with one attached hydrogen (secondary N) is 2. The maximum atomic E-state index is 11.6. The second kappa shape index (κ2) is 7.25. The Morgan fingerprint density at radius 2 is 1.84 bits per heavy atom. The Labute approximate surface area is 114 Å². The molecule has 0 aromatic heterocycles. The normalized spacial score (nSPS) is 12.5. The first-order valence-corrected chi connectivity index (χ1v) is 6.10. The van der Waals surface area contributed by atoms with Crippen molar-refractivity contribution in [2.24, 2.45) is 5.41 Å². The third-order valence-electron chi connectivity index (χ3n) is 2.18. The Bertz CT molecular complexity index is 343. The SMILES string of the molecule is CNC(=O)/C=C\NC(=O)CC(C)(C)COC(C)(C)O. The standard InChI is InChI=1S/C13H24N2O4/c1-12(2,9-19-13(3,4)18)8-11(17)15-7-6-10(16)14-5/h6-7,18H,8-9H2,1-5H3,(H,14,16)(H,15,17)/b7-6-. The van der Waals surface area contributed by atoms with Crippen molar-refractivity contribution in [3.63, 3.8) is 0 Å². The summed E-state index contributed by atoms with van der Waals surface area (Å²) in [7, 11) is 1.51. The van der Waals surface area contributed by atoms with Crippen LogP contribution in [-0.2, 0) is 14.3 Å². The molecule has 0 saturated carbocycles. The average Bonchev–Trinajstić information content (AvgIpc) is 2.25. The maximum Gasteiger partial charge on any atom is 0.245 e. The lowest BCUT2D eigenvalue weighted by Crippen LogP contribution is -2.33. The zero-order chi connectivity index (χ0) is 15.1. The van der Waals surface area contributed by atoms with Gasteiger partial charge in [-0.05, 0) is 19.3 Å². The van der Waals surface area contributed by atoms with E-state index in [1.807, 2.05) is 13.8 Å². The number of likely N-dealkylation sites (N-methyl/N-ethyl adjacent to an activating group) is 1. The number of amides is 2. The third-order valence-corrected chi connectivity index (χ3v) is 2.18. The van der Waals surface area contributed by atoms with Crippen LogP contribution in [0.1, 0.15) is 34.1 Å². The molecular formula is C13H24N2O4. The van der Waals surface area contributed by atoms with Gasteiger partial charge in [0, 0.05) is 25.7 Å². The van der Waals surface area contributed by atoms with Gasteiger partial charge in [0.25, 0.3) is 0 Å². The van der Waals surface area contributed by atoms with Gasteiger partial charge in [-0.3, -0.25) is 9.59 Å². The molecule has 0 saturated heterocycles. The van der Waals surface area contributed by atoms with Crippen LogP contribution < -0.4 is 10.6 Å². The van der Waals surface area contributed by atoms with Gasteiger partial charge in [0.2, 0.25) is 11.8 Å². The molecule has 0 fully saturated rings. The van der Waals surface area contributed by atoms with Crippen LogP contribution in [0.5, 0.6) is 0 Å². The fourth-order valence-corrected chi connectivity index (χ4v) is 1.20. The van der Waals surface area contributed by atoms with Gasteiger partial charge in [-0.2, -0.15) is 0 Å². The third kappa shape index (κ3) is 10.2. The van der Waals surface area contributed by atoms with Crippen molar-refractivity contribution in [3.8, 4) is 0 Å². The first-order chi connectivity index (χ1) is 8.56. The van der Waals surface area contributed by atoms with Crippen molar-refractivity contribution in [1.29, 1.82) is 0 Å². The smallest absolute Gasteiger partial charge is 0.245 e. The topological polar surface area (TPSA) is 87.7 Å². The summed E-state index contributed by atoms with van der Waals surface area (Å²) in [5, 5.41) is 14.4. The molecule has 0 aliphatic carbocycles. The molecule has 0 bridgehead atoms. The van der Waals surface area contributed by atoms with Gasteiger partial charge in [-0.15, -0.1) is 0 Å². The van der Waals surface area contributed by atoms with Crippen molar-refractivity contribution >= 4 is 11.8 Å². The van der Waals surface area contributed by atoms with Crippen molar-refractivity contribution in [1.82, 2.24) is 10.6 Å². The molecule has 0 aliphatic heterocycles. The second-order valence-electron chi connectivity index (χ2n) is 5.59. The molecule has 6 nitrogen and oxygen atoms in total. The predicted molar refractivity (Wildman–Crippen MR) is 72.0 cm³/mol. The number of carbonyl (C=O) groups excluding carboxylic acids is 2. The molecule has 0 spiro atoms. The highest BCUT2D eigenvalue weighted by Gasteiger charge is 2.25. The second-order valence-corrected chi connectivity index (χ2v) is 5.59. The van der Waals surface area contributed by atoms with Crippen molar-refractivity contribution in [2.75, 3.05) is 13.7 Å². The van der Waals surface area contributed by atoms with Gasteiger partial charge < -0.3 is 20.5 Å². The summed E-state index contributed by atoms with van der Waals surface area (Å²) in [5.41, 5.74) is -0.412. The van der Waals surface area contributed by atoms with Gasteiger partial charge in [0.05, 0.1) is 6.61 Å². The van der Waals surface area contributed by atoms with E-state index in [2.05, 4.69) is 10.6 Å². The van der Waals surface area contributed by atoms with Crippen molar-refractivity contribution < 1.29 is 19.4 Å². The van der Waals surface area contributed by atoms with Gasteiger partial charge in [-0.1, -0.05) is 13.8 Å². The number of hydrogen-bond donors (Lipinski definition) is 3. The summed E-state index contributed by atoms with van der Waals surface area (Å²) in [5.74, 6) is -1.72.